The first kappa shape index (κ1) is 11.7. The molecule has 0 aliphatic rings. The Balaban J connectivity index is 2.08. The molecule has 0 saturated heterocycles. The van der Waals surface area contributed by atoms with Crippen molar-refractivity contribution in [2.24, 2.45) is 0 Å². The Morgan fingerprint density at radius 2 is 2.19 bits per heavy atom. The zero-order valence-corrected chi connectivity index (χ0v) is 11.9. The first-order valence-corrected chi connectivity index (χ1v) is 6.43. The van der Waals surface area contributed by atoms with E-state index in [9.17, 15) is 0 Å². The van der Waals surface area contributed by atoms with Gasteiger partial charge in [0.25, 0.3) is 0 Å². The van der Waals surface area contributed by atoms with Crippen LogP contribution in [0.4, 0.5) is 5.69 Å². The van der Waals surface area contributed by atoms with Gasteiger partial charge in [-0.15, -0.1) is 0 Å². The number of halogens is 2. The summed E-state index contributed by atoms with van der Waals surface area (Å²) in [5.41, 5.74) is 3.35. The first-order valence-electron chi connectivity index (χ1n) is 4.84. The maximum atomic E-state index is 3.99. The Kier molecular flexibility index (Phi) is 3.66. The molecule has 1 aromatic heterocycles. The summed E-state index contributed by atoms with van der Waals surface area (Å²) in [5, 5.41) is 10.3. The molecule has 2 rings (SSSR count). The van der Waals surface area contributed by atoms with Crippen molar-refractivity contribution in [3.05, 3.63) is 44.6 Å². The van der Waals surface area contributed by atoms with Crippen molar-refractivity contribution in [1.82, 2.24) is 10.2 Å². The lowest BCUT2D eigenvalue weighted by Crippen LogP contribution is -2.00. The van der Waals surface area contributed by atoms with Gasteiger partial charge < -0.3 is 5.32 Å². The van der Waals surface area contributed by atoms with Crippen LogP contribution in [0.25, 0.3) is 0 Å². The topological polar surface area (TPSA) is 40.7 Å². The molecule has 0 bridgehead atoms. The van der Waals surface area contributed by atoms with Crippen LogP contribution in [-0.2, 0) is 6.54 Å². The summed E-state index contributed by atoms with van der Waals surface area (Å²) >= 11 is 6.94. The lowest BCUT2D eigenvalue weighted by atomic mass is 10.2. The molecule has 2 N–H and O–H groups in total. The Bertz CT molecular complexity index is 494. The van der Waals surface area contributed by atoms with Crippen LogP contribution in [0.1, 0.15) is 11.3 Å². The number of benzene rings is 1. The number of aromatic amines is 1. The number of rotatable bonds is 3. The summed E-state index contributed by atoms with van der Waals surface area (Å²) in [6.07, 6.45) is 1.84. The molecule has 0 aliphatic carbocycles. The van der Waals surface area contributed by atoms with E-state index in [1.807, 2.05) is 31.3 Å². The summed E-state index contributed by atoms with van der Waals surface area (Å²) in [7, 11) is 0. The molecule has 0 saturated carbocycles. The van der Waals surface area contributed by atoms with Crippen molar-refractivity contribution >= 4 is 37.5 Å². The molecule has 0 aliphatic heterocycles. The van der Waals surface area contributed by atoms with E-state index in [4.69, 9.17) is 0 Å². The molecule has 1 heterocycles. The van der Waals surface area contributed by atoms with E-state index >= 15 is 0 Å². The van der Waals surface area contributed by atoms with Gasteiger partial charge >= 0.3 is 0 Å². The van der Waals surface area contributed by atoms with Crippen molar-refractivity contribution in [1.29, 1.82) is 0 Å². The average molecular weight is 345 g/mol. The normalized spacial score (nSPS) is 10.4. The number of hydrogen-bond donors (Lipinski definition) is 2. The van der Waals surface area contributed by atoms with Crippen LogP contribution in [0.2, 0.25) is 0 Å². The van der Waals surface area contributed by atoms with Crippen LogP contribution in [-0.4, -0.2) is 10.2 Å². The van der Waals surface area contributed by atoms with Gasteiger partial charge in [0.1, 0.15) is 0 Å². The van der Waals surface area contributed by atoms with E-state index in [-0.39, 0.29) is 0 Å². The quantitative estimate of drug-likeness (QED) is 0.887. The third-order valence-electron chi connectivity index (χ3n) is 2.33. The van der Waals surface area contributed by atoms with Gasteiger partial charge in [-0.05, 0) is 41.1 Å². The molecule has 1 aromatic carbocycles. The second kappa shape index (κ2) is 5.01. The molecule has 0 fully saturated rings. The highest BCUT2D eigenvalue weighted by atomic mass is 79.9. The number of hydrogen-bond acceptors (Lipinski definition) is 2. The van der Waals surface area contributed by atoms with Crippen molar-refractivity contribution in [3.8, 4) is 0 Å². The lowest BCUT2D eigenvalue weighted by Gasteiger charge is -2.08. The number of nitrogens with one attached hydrogen (secondary N) is 2. The smallest absolute Gasteiger partial charge is 0.0539 e. The van der Waals surface area contributed by atoms with Crippen LogP contribution in [0.15, 0.2) is 33.3 Å². The highest BCUT2D eigenvalue weighted by Gasteiger charge is 2.02. The second-order valence-electron chi connectivity index (χ2n) is 3.50. The van der Waals surface area contributed by atoms with Crippen LogP contribution >= 0.6 is 31.9 Å². The number of anilines is 1. The third-order valence-corrected chi connectivity index (χ3v) is 3.48. The minimum Gasteiger partial charge on any atom is -0.380 e. The molecule has 0 amide bonds. The predicted molar refractivity (Wildman–Crippen MR) is 72.5 cm³/mol. The Morgan fingerprint density at radius 1 is 1.38 bits per heavy atom. The van der Waals surface area contributed by atoms with Crippen LogP contribution in [0.3, 0.4) is 0 Å². The fourth-order valence-electron chi connectivity index (χ4n) is 1.38. The first-order chi connectivity index (χ1) is 7.66. The summed E-state index contributed by atoms with van der Waals surface area (Å²) in [6.45, 7) is 2.78. The zero-order valence-electron chi connectivity index (χ0n) is 8.72. The molecule has 0 unspecified atom stereocenters. The number of H-pyrrole nitrogens is 1. The SMILES string of the molecule is Cc1[nH]ncc1CNc1ccc(Br)cc1Br. The van der Waals surface area contributed by atoms with Gasteiger partial charge in [-0.2, -0.15) is 5.10 Å². The molecule has 5 heteroatoms. The van der Waals surface area contributed by atoms with E-state index in [1.165, 1.54) is 5.56 Å². The predicted octanol–water partition coefficient (Wildman–Crippen LogP) is 3.86. The van der Waals surface area contributed by atoms with Gasteiger partial charge in [0.2, 0.25) is 0 Å². The van der Waals surface area contributed by atoms with Crippen molar-refractivity contribution in [2.75, 3.05) is 5.32 Å². The molecule has 0 radical (unpaired) electrons. The van der Waals surface area contributed by atoms with E-state index < -0.39 is 0 Å². The third kappa shape index (κ3) is 2.65. The monoisotopic (exact) mass is 343 g/mol. The van der Waals surface area contributed by atoms with E-state index in [1.54, 1.807) is 0 Å². The zero-order chi connectivity index (χ0) is 11.5. The number of aryl methyl sites for hydroxylation is 1. The molecular formula is C11H11Br2N3. The van der Waals surface area contributed by atoms with Crippen molar-refractivity contribution < 1.29 is 0 Å². The Morgan fingerprint density at radius 3 is 2.81 bits per heavy atom. The van der Waals surface area contributed by atoms with Crippen molar-refractivity contribution in [2.45, 2.75) is 13.5 Å². The minimum atomic E-state index is 0.766. The summed E-state index contributed by atoms with van der Waals surface area (Å²) in [5.74, 6) is 0. The second-order valence-corrected chi connectivity index (χ2v) is 5.27. The summed E-state index contributed by atoms with van der Waals surface area (Å²) < 4.78 is 2.10. The maximum absolute atomic E-state index is 3.99. The van der Waals surface area contributed by atoms with E-state index in [2.05, 4.69) is 47.4 Å². The van der Waals surface area contributed by atoms with Gasteiger partial charge in [-0.1, -0.05) is 15.9 Å². The highest BCUT2D eigenvalue weighted by molar-refractivity contribution is 9.11. The van der Waals surface area contributed by atoms with Gasteiger partial charge in [0, 0.05) is 32.4 Å². The van der Waals surface area contributed by atoms with Crippen LogP contribution in [0.5, 0.6) is 0 Å². The fraction of sp³-hybridized carbons (Fsp3) is 0.182. The summed E-state index contributed by atoms with van der Waals surface area (Å²) in [6, 6.07) is 6.06. The van der Waals surface area contributed by atoms with Gasteiger partial charge in [-0.3, -0.25) is 5.10 Å². The van der Waals surface area contributed by atoms with Gasteiger partial charge in [0.15, 0.2) is 0 Å². The average Bonchev–Trinajstić information content (AvgIpc) is 2.63. The molecule has 2 aromatic rings. The molecular weight excluding hydrogens is 334 g/mol. The van der Waals surface area contributed by atoms with Gasteiger partial charge in [-0.25, -0.2) is 0 Å². The molecule has 84 valence electrons. The van der Waals surface area contributed by atoms with Crippen molar-refractivity contribution in [3.63, 3.8) is 0 Å². The van der Waals surface area contributed by atoms with Gasteiger partial charge in [0.05, 0.1) is 6.20 Å². The molecule has 16 heavy (non-hydrogen) atoms. The van der Waals surface area contributed by atoms with Crippen LogP contribution < -0.4 is 5.32 Å². The molecule has 0 spiro atoms. The maximum Gasteiger partial charge on any atom is 0.0539 e. The fourth-order valence-corrected chi connectivity index (χ4v) is 2.56. The Labute approximate surface area is 111 Å². The lowest BCUT2D eigenvalue weighted by molar-refractivity contribution is 1.04. The molecule has 0 atom stereocenters. The minimum absolute atomic E-state index is 0.766. The molecule has 3 nitrogen and oxygen atoms in total. The number of aromatic nitrogens is 2. The standard InChI is InChI=1S/C11H11Br2N3/c1-7-8(6-15-16-7)5-14-11-3-2-9(12)4-10(11)13/h2-4,6,14H,5H2,1H3,(H,15,16). The van der Waals surface area contributed by atoms with Crippen LogP contribution in [0, 0.1) is 6.92 Å². The summed E-state index contributed by atoms with van der Waals surface area (Å²) in [4.78, 5) is 0. The largest absolute Gasteiger partial charge is 0.380 e. The van der Waals surface area contributed by atoms with E-state index in [0.29, 0.717) is 0 Å². The number of nitrogens with zero attached hydrogens (tertiary/aromatic N) is 1. The Hall–Kier alpha value is -0.810. The highest BCUT2D eigenvalue weighted by Crippen LogP contribution is 2.26. The van der Waals surface area contributed by atoms with E-state index in [0.717, 1.165) is 26.9 Å².